The van der Waals surface area contributed by atoms with E-state index >= 15 is 0 Å². The number of nitrogens with one attached hydrogen (secondary N) is 3. The van der Waals surface area contributed by atoms with Crippen LogP contribution < -0.4 is 27.4 Å². The van der Waals surface area contributed by atoms with Gasteiger partial charge in [-0.2, -0.15) is 0 Å². The summed E-state index contributed by atoms with van der Waals surface area (Å²) < 4.78 is 10.8. The average Bonchev–Trinajstić information content (AvgIpc) is 1.45. The van der Waals surface area contributed by atoms with Gasteiger partial charge in [0.1, 0.15) is 0 Å². The summed E-state index contributed by atoms with van der Waals surface area (Å²) in [7, 11) is 0. The van der Waals surface area contributed by atoms with E-state index in [-0.39, 0.29) is 99.4 Å². The van der Waals surface area contributed by atoms with Gasteiger partial charge < -0.3 is 51.6 Å². The van der Waals surface area contributed by atoms with Gasteiger partial charge in [0.25, 0.3) is 0 Å². The molecule has 0 radical (unpaired) electrons. The van der Waals surface area contributed by atoms with Crippen molar-refractivity contribution in [1.82, 2.24) is 30.7 Å². The first-order chi connectivity index (χ1) is 46.4. The molecule has 8 aliphatic rings. The van der Waals surface area contributed by atoms with E-state index in [4.69, 9.17) is 20.9 Å². The van der Waals surface area contributed by atoms with E-state index in [9.17, 15) is 0 Å². The second-order valence-electron chi connectivity index (χ2n) is 48.0. The van der Waals surface area contributed by atoms with Crippen LogP contribution in [0.15, 0.2) is 0 Å². The van der Waals surface area contributed by atoms with Crippen LogP contribution in [-0.4, -0.2) is 144 Å². The summed E-state index contributed by atoms with van der Waals surface area (Å²) in [6.07, 6.45) is 30.7. The van der Waals surface area contributed by atoms with Crippen molar-refractivity contribution in [2.45, 2.75) is 491 Å². The molecular formula is C104H244N8O2. The molecule has 0 aromatic carbocycles. The molecule has 1 atom stereocenters. The minimum Gasteiger partial charge on any atom is -0.351 e. The molecule has 10 nitrogen and oxygen atoms in total. The van der Waals surface area contributed by atoms with E-state index in [1.54, 1.807) is 0 Å². The zero-order chi connectivity index (χ0) is 80.4. The first kappa shape index (κ1) is 145. The maximum atomic E-state index is 5.83. The monoisotopic (exact) mass is 1640 g/mol. The molecule has 7 N–H and O–H groups in total. The standard InChI is InChI=1S/C11H22.C10H22N2.2C10H21N.C10H20.C9H20N2.C9H19NO2.C9H19N.3C5H12.11CH4/c1-11(2,3)9-10-7-5-4-6-8-10;1-10(2,3)8-12-6-4-9(11)5-7-12;1-10(2,3)8-9-4-6-11-7-5-9;1-10(2,3)9-11-7-5-4-6-8-11;1-10(2,3)8-9-6-4-5-7-9;1-9(2,3)8-11-6-4-10-5-7-11;1-9(2,3)4-8-11-5-7(10)6-12-8;1-9(2,3)6-8-4-5-10-7-8;3*1-5(2,3)4;;;;;;;;;;;/h10H,4-9H2,1-3H3;9H,4-8,11H2,1-3H3;9,11H,4-8H2,1-3H3;4-9H2,1-3H3;9H,4-8H2,1-3H3;10H,4-8H2,1-3H3;7-8H,4-6,10H2,1-3H3;8,10H,4-7H2,1-3H3;3*1-4H3;11*1H4. The summed E-state index contributed by atoms with van der Waals surface area (Å²) >= 11 is 0. The number of piperazine rings is 1. The van der Waals surface area contributed by atoms with Crippen LogP contribution in [0.4, 0.5) is 0 Å². The Morgan fingerprint density at radius 1 is 0.246 bits per heavy atom. The maximum absolute atomic E-state index is 5.83. The molecule has 0 amide bonds. The Morgan fingerprint density at radius 3 is 0.763 bits per heavy atom. The topological polar surface area (TPSA) is 116 Å². The Morgan fingerprint density at radius 2 is 0.482 bits per heavy atom. The SMILES string of the molecule is C.C.C.C.C.C.C.C.C.C.C.CC(C)(C)C.CC(C)(C)C.CC(C)(C)C.CC(C)(C)CC1CCCC1.CC(C)(C)CC1CCCCC1.CC(C)(C)CC1CCNC1.CC(C)(C)CC1CCNCC1.CC(C)(C)CC1OCC(N)CO1.CC(C)(C)CN1CCC(N)CC1.CC(C)(C)CN1CCCCC1.CC(C)(C)CN1CCNCC1. The van der Waals surface area contributed by atoms with Crippen LogP contribution in [0.3, 0.4) is 0 Å². The van der Waals surface area contributed by atoms with Gasteiger partial charge in [-0.1, -0.05) is 395 Å². The molecule has 1 unspecified atom stereocenters. The normalized spacial score (nSPS) is 20.2. The first-order valence-corrected chi connectivity index (χ1v) is 43.5. The van der Waals surface area contributed by atoms with Gasteiger partial charge in [0.05, 0.1) is 19.3 Å². The molecule has 0 bridgehead atoms. The van der Waals surface area contributed by atoms with Crippen LogP contribution in [0.25, 0.3) is 0 Å². The predicted octanol–water partition coefficient (Wildman–Crippen LogP) is 31.3. The highest BCUT2D eigenvalue weighted by molar-refractivity contribution is 4.81. The summed E-state index contributed by atoms with van der Waals surface area (Å²) in [6.45, 7) is 101. The van der Waals surface area contributed by atoms with E-state index in [0.29, 0.717) is 73.4 Å². The lowest BCUT2D eigenvalue weighted by molar-refractivity contribution is -0.197. The van der Waals surface area contributed by atoms with Crippen molar-refractivity contribution in [2.24, 2.45) is 94.7 Å². The second kappa shape index (κ2) is 72.0. The number of rotatable bonds is 8. The molecule has 0 aromatic rings. The zero-order valence-electron chi connectivity index (χ0n) is 77.9. The van der Waals surface area contributed by atoms with E-state index in [0.717, 1.165) is 43.2 Å². The summed E-state index contributed by atoms with van der Waals surface area (Å²) in [4.78, 5) is 7.67. The van der Waals surface area contributed by atoms with Crippen molar-refractivity contribution >= 4 is 0 Å². The molecule has 8 fully saturated rings. The van der Waals surface area contributed by atoms with Gasteiger partial charge in [-0.05, 0) is 206 Å². The summed E-state index contributed by atoms with van der Waals surface area (Å²) in [5.41, 5.74) is 16.7. The number of nitrogens with zero attached hydrogens (tertiary/aromatic N) is 3. The Kier molecular flexibility index (Phi) is 91.6. The van der Waals surface area contributed by atoms with Crippen LogP contribution in [0, 0.1) is 83.2 Å². The molecule has 8 rings (SSSR count). The lowest BCUT2D eigenvalue weighted by Gasteiger charge is -2.34. The summed E-state index contributed by atoms with van der Waals surface area (Å²) in [6, 6.07) is 0.516. The van der Waals surface area contributed by atoms with Crippen LogP contribution in [-0.2, 0) is 9.47 Å². The molecule has 6 saturated heterocycles. The van der Waals surface area contributed by atoms with E-state index in [1.807, 2.05) is 0 Å². The van der Waals surface area contributed by atoms with Crippen LogP contribution in [0.1, 0.15) is 472 Å². The largest absolute Gasteiger partial charge is 0.351 e. The molecule has 0 spiro atoms. The molecule has 712 valence electrons. The molecule has 114 heavy (non-hydrogen) atoms. The third-order valence-corrected chi connectivity index (χ3v) is 17.6. The van der Waals surface area contributed by atoms with Gasteiger partial charge >= 0.3 is 0 Å². The minimum absolute atomic E-state index is 0. The van der Waals surface area contributed by atoms with Crippen LogP contribution in [0.2, 0.25) is 0 Å². The number of piperidine rings is 3. The van der Waals surface area contributed by atoms with Crippen molar-refractivity contribution < 1.29 is 9.47 Å². The number of ether oxygens (including phenoxy) is 2. The van der Waals surface area contributed by atoms with E-state index < -0.39 is 0 Å². The third kappa shape index (κ3) is 122. The maximum Gasteiger partial charge on any atom is 0.158 e. The van der Waals surface area contributed by atoms with Gasteiger partial charge in [-0.25, -0.2) is 0 Å². The molecular weight excluding hydrogens is 1390 g/mol. The number of nitrogens with two attached hydrogens (primary N) is 2. The quantitative estimate of drug-likeness (QED) is 0.161. The molecule has 10 heteroatoms. The van der Waals surface area contributed by atoms with Crippen molar-refractivity contribution in [1.29, 1.82) is 0 Å². The molecule has 2 aliphatic carbocycles. The van der Waals surface area contributed by atoms with E-state index in [1.165, 1.54) is 220 Å². The molecule has 6 aliphatic heterocycles. The Bertz CT molecular complexity index is 1670. The number of hydrogen-bond donors (Lipinski definition) is 5. The zero-order valence-corrected chi connectivity index (χ0v) is 77.9. The third-order valence-electron chi connectivity index (χ3n) is 17.6. The van der Waals surface area contributed by atoms with E-state index in [2.05, 4.69) is 280 Å². The fourth-order valence-electron chi connectivity index (χ4n) is 14.3. The minimum atomic E-state index is -0.0511. The lowest BCUT2D eigenvalue weighted by atomic mass is 9.78. The molecule has 6 heterocycles. The fourth-order valence-corrected chi connectivity index (χ4v) is 14.3. The highest BCUT2D eigenvalue weighted by atomic mass is 16.7. The van der Waals surface area contributed by atoms with Crippen molar-refractivity contribution in [2.75, 3.05) is 111 Å². The summed E-state index contributed by atoms with van der Waals surface area (Å²) in [5.74, 6) is 4.03. The molecule has 2 saturated carbocycles. The highest BCUT2D eigenvalue weighted by Gasteiger charge is 2.28. The van der Waals surface area contributed by atoms with Gasteiger partial charge in [-0.15, -0.1) is 0 Å². The Balaban J connectivity index is -0.0000000804. The lowest BCUT2D eigenvalue weighted by Crippen LogP contribution is -2.46. The molecule has 0 aromatic heterocycles. The van der Waals surface area contributed by atoms with Gasteiger partial charge in [-0.3, -0.25) is 0 Å². The smallest absolute Gasteiger partial charge is 0.158 e. The van der Waals surface area contributed by atoms with Crippen molar-refractivity contribution in [3.8, 4) is 0 Å². The van der Waals surface area contributed by atoms with Crippen LogP contribution in [0.5, 0.6) is 0 Å². The average molecular weight is 1640 g/mol. The van der Waals surface area contributed by atoms with Gasteiger partial charge in [0, 0.05) is 58.3 Å². The summed E-state index contributed by atoms with van der Waals surface area (Å²) in [5, 5.41) is 10.2. The highest BCUT2D eigenvalue weighted by Crippen LogP contribution is 2.36. The number of likely N-dealkylation sites (tertiary alicyclic amines) is 2. The van der Waals surface area contributed by atoms with Crippen molar-refractivity contribution in [3.05, 3.63) is 0 Å². The van der Waals surface area contributed by atoms with Crippen molar-refractivity contribution in [3.63, 3.8) is 0 Å². The fraction of sp³-hybridized carbons (Fsp3) is 1.00. The van der Waals surface area contributed by atoms with Gasteiger partial charge in [0.2, 0.25) is 0 Å². The second-order valence-corrected chi connectivity index (χ2v) is 48.0. The van der Waals surface area contributed by atoms with Gasteiger partial charge in [0.15, 0.2) is 6.29 Å². The Hall–Kier alpha value is -0.400. The van der Waals surface area contributed by atoms with Crippen LogP contribution >= 0.6 is 0 Å². The number of hydrogen-bond acceptors (Lipinski definition) is 10. The Labute approximate surface area is 732 Å². The predicted molar refractivity (Wildman–Crippen MR) is 540 cm³/mol. The first-order valence-electron chi connectivity index (χ1n) is 43.5.